The first-order valence-corrected chi connectivity index (χ1v) is 5.73. The van der Waals surface area contributed by atoms with E-state index in [1.165, 1.54) is 5.69 Å². The molecule has 1 N–H and O–H groups in total. The van der Waals surface area contributed by atoms with Crippen molar-refractivity contribution in [2.24, 2.45) is 5.92 Å². The van der Waals surface area contributed by atoms with E-state index in [-0.39, 0.29) is 6.10 Å². The van der Waals surface area contributed by atoms with E-state index >= 15 is 0 Å². The van der Waals surface area contributed by atoms with Crippen LogP contribution in [0.2, 0.25) is 5.02 Å². The quantitative estimate of drug-likeness (QED) is 0.794. The molecule has 1 saturated heterocycles. The Morgan fingerprint density at radius 3 is 2.60 bits per heavy atom. The smallest absolute Gasteiger partial charge is 0.0599 e. The number of nitrogens with zero attached hydrogens (tertiary/aromatic N) is 1. The predicted molar refractivity (Wildman–Crippen MR) is 63.5 cm³/mol. The van der Waals surface area contributed by atoms with Gasteiger partial charge in [0.2, 0.25) is 0 Å². The van der Waals surface area contributed by atoms with Crippen molar-refractivity contribution in [2.45, 2.75) is 19.4 Å². The van der Waals surface area contributed by atoms with E-state index in [2.05, 4.69) is 11.8 Å². The fraction of sp³-hybridized carbons (Fsp3) is 0.500. The van der Waals surface area contributed by atoms with Crippen LogP contribution in [0.15, 0.2) is 24.3 Å². The molecule has 1 heterocycles. The Kier molecular flexibility index (Phi) is 3.17. The molecule has 1 aliphatic heterocycles. The van der Waals surface area contributed by atoms with Gasteiger partial charge in [0.1, 0.15) is 0 Å². The predicted octanol–water partition coefficient (Wildman–Crippen LogP) is 2.55. The lowest BCUT2D eigenvalue weighted by Crippen LogP contribution is -2.41. The summed E-state index contributed by atoms with van der Waals surface area (Å²) in [5.74, 6) is 0.342. The molecule has 1 fully saturated rings. The topological polar surface area (TPSA) is 23.5 Å². The third-order valence-electron chi connectivity index (χ3n) is 3.05. The Balaban J connectivity index is 2.08. The summed E-state index contributed by atoms with van der Waals surface area (Å²) < 4.78 is 0. The van der Waals surface area contributed by atoms with E-state index in [0.29, 0.717) is 5.92 Å². The highest BCUT2D eigenvalue weighted by Crippen LogP contribution is 2.24. The van der Waals surface area contributed by atoms with Gasteiger partial charge in [-0.2, -0.15) is 0 Å². The average Bonchev–Trinajstić information content (AvgIpc) is 2.23. The number of anilines is 1. The van der Waals surface area contributed by atoms with Gasteiger partial charge in [-0.1, -0.05) is 18.5 Å². The van der Waals surface area contributed by atoms with E-state index in [0.717, 1.165) is 24.5 Å². The molecular weight excluding hydrogens is 210 g/mol. The largest absolute Gasteiger partial charge is 0.393 e. The molecule has 2 rings (SSSR count). The Morgan fingerprint density at radius 2 is 2.00 bits per heavy atom. The van der Waals surface area contributed by atoms with Crippen LogP contribution in [0.4, 0.5) is 5.69 Å². The highest BCUT2D eigenvalue weighted by atomic mass is 35.5. The third-order valence-corrected chi connectivity index (χ3v) is 3.30. The molecule has 2 atom stereocenters. The summed E-state index contributed by atoms with van der Waals surface area (Å²) in [7, 11) is 0. The number of aliphatic hydroxyl groups excluding tert-OH is 1. The first-order chi connectivity index (χ1) is 7.16. The monoisotopic (exact) mass is 225 g/mol. The number of benzene rings is 1. The Labute approximate surface area is 95.5 Å². The molecule has 0 aliphatic carbocycles. The lowest BCUT2D eigenvalue weighted by molar-refractivity contribution is 0.0971. The maximum atomic E-state index is 9.64. The highest BCUT2D eigenvalue weighted by molar-refractivity contribution is 6.30. The van der Waals surface area contributed by atoms with Crippen molar-refractivity contribution in [3.63, 3.8) is 0 Å². The maximum absolute atomic E-state index is 9.64. The molecule has 15 heavy (non-hydrogen) atoms. The molecule has 0 aromatic heterocycles. The molecule has 0 amide bonds. The third kappa shape index (κ3) is 2.44. The Bertz CT molecular complexity index is 325. The maximum Gasteiger partial charge on any atom is 0.0599 e. The van der Waals surface area contributed by atoms with E-state index in [9.17, 15) is 5.11 Å². The molecule has 3 heteroatoms. The molecule has 2 unspecified atom stereocenters. The number of aliphatic hydroxyl groups is 1. The van der Waals surface area contributed by atoms with E-state index < -0.39 is 0 Å². The van der Waals surface area contributed by atoms with Gasteiger partial charge in [0, 0.05) is 23.8 Å². The van der Waals surface area contributed by atoms with Crippen LogP contribution < -0.4 is 4.90 Å². The van der Waals surface area contributed by atoms with E-state index in [4.69, 9.17) is 11.6 Å². The van der Waals surface area contributed by atoms with Crippen LogP contribution >= 0.6 is 11.6 Å². The highest BCUT2D eigenvalue weighted by Gasteiger charge is 2.23. The van der Waals surface area contributed by atoms with E-state index in [1.807, 2.05) is 24.3 Å². The van der Waals surface area contributed by atoms with Gasteiger partial charge in [-0.15, -0.1) is 0 Å². The van der Waals surface area contributed by atoms with E-state index in [1.54, 1.807) is 0 Å². The number of hydrogen-bond donors (Lipinski definition) is 1. The second-order valence-electron chi connectivity index (χ2n) is 4.26. The number of hydrogen-bond acceptors (Lipinski definition) is 2. The average molecular weight is 226 g/mol. The van der Waals surface area contributed by atoms with Crippen molar-refractivity contribution in [1.29, 1.82) is 0 Å². The first-order valence-electron chi connectivity index (χ1n) is 5.35. The van der Waals surface area contributed by atoms with Crippen molar-refractivity contribution in [3.05, 3.63) is 29.3 Å². The van der Waals surface area contributed by atoms with Gasteiger partial charge in [-0.25, -0.2) is 0 Å². The molecule has 82 valence electrons. The lowest BCUT2D eigenvalue weighted by atomic mass is 9.96. The van der Waals surface area contributed by atoms with Crippen LogP contribution in [0.1, 0.15) is 13.3 Å². The van der Waals surface area contributed by atoms with Gasteiger partial charge < -0.3 is 10.0 Å². The fourth-order valence-corrected chi connectivity index (χ4v) is 2.15. The normalized spacial score (nSPS) is 26.7. The zero-order chi connectivity index (χ0) is 10.8. The second kappa shape index (κ2) is 4.42. The summed E-state index contributed by atoms with van der Waals surface area (Å²) in [6, 6.07) is 7.89. The minimum Gasteiger partial charge on any atom is -0.393 e. The van der Waals surface area contributed by atoms with Crippen LogP contribution in [0.25, 0.3) is 0 Å². The fourth-order valence-electron chi connectivity index (χ4n) is 2.02. The van der Waals surface area contributed by atoms with Crippen LogP contribution in [0.5, 0.6) is 0 Å². The Morgan fingerprint density at radius 1 is 1.33 bits per heavy atom. The number of piperidine rings is 1. The van der Waals surface area contributed by atoms with Gasteiger partial charge in [0.15, 0.2) is 0 Å². The zero-order valence-corrected chi connectivity index (χ0v) is 9.61. The SMILES string of the molecule is CC1CN(c2ccc(Cl)cc2)CCC1O. The van der Waals surface area contributed by atoms with Gasteiger partial charge in [0.25, 0.3) is 0 Å². The van der Waals surface area contributed by atoms with Crippen molar-refractivity contribution in [2.75, 3.05) is 18.0 Å². The van der Waals surface area contributed by atoms with Crippen LogP contribution in [0, 0.1) is 5.92 Å². The molecule has 0 spiro atoms. The van der Waals surface area contributed by atoms with Crippen LogP contribution in [-0.2, 0) is 0 Å². The van der Waals surface area contributed by atoms with Crippen molar-refractivity contribution in [3.8, 4) is 0 Å². The molecule has 0 radical (unpaired) electrons. The molecular formula is C12H16ClNO. The molecule has 1 aromatic rings. The minimum absolute atomic E-state index is 0.145. The summed E-state index contributed by atoms with van der Waals surface area (Å²) in [6.45, 7) is 3.93. The zero-order valence-electron chi connectivity index (χ0n) is 8.86. The van der Waals surface area contributed by atoms with Crippen molar-refractivity contribution < 1.29 is 5.11 Å². The Hall–Kier alpha value is -0.730. The van der Waals surface area contributed by atoms with Crippen molar-refractivity contribution >= 4 is 17.3 Å². The second-order valence-corrected chi connectivity index (χ2v) is 4.69. The summed E-state index contributed by atoms with van der Waals surface area (Å²) in [5, 5.41) is 10.4. The van der Waals surface area contributed by atoms with Gasteiger partial charge in [-0.05, 0) is 36.6 Å². The molecule has 1 aliphatic rings. The standard InChI is InChI=1S/C12H16ClNO/c1-9-8-14(7-6-12(9)15)11-4-2-10(13)3-5-11/h2-5,9,12,15H,6-8H2,1H3. The molecule has 2 nitrogen and oxygen atoms in total. The van der Waals surface area contributed by atoms with Crippen LogP contribution in [0.3, 0.4) is 0 Å². The van der Waals surface area contributed by atoms with Gasteiger partial charge in [-0.3, -0.25) is 0 Å². The summed E-state index contributed by atoms with van der Waals surface area (Å²) >= 11 is 5.84. The van der Waals surface area contributed by atoms with Gasteiger partial charge >= 0.3 is 0 Å². The molecule has 0 saturated carbocycles. The number of halogens is 1. The summed E-state index contributed by atoms with van der Waals surface area (Å²) in [4.78, 5) is 2.30. The minimum atomic E-state index is -0.145. The lowest BCUT2D eigenvalue weighted by Gasteiger charge is -2.35. The first kappa shape index (κ1) is 10.8. The summed E-state index contributed by atoms with van der Waals surface area (Å²) in [5.41, 5.74) is 1.19. The number of rotatable bonds is 1. The van der Waals surface area contributed by atoms with Crippen LogP contribution in [-0.4, -0.2) is 24.3 Å². The molecule has 1 aromatic carbocycles. The van der Waals surface area contributed by atoms with Crippen molar-refractivity contribution in [1.82, 2.24) is 0 Å². The van der Waals surface area contributed by atoms with Gasteiger partial charge in [0.05, 0.1) is 6.10 Å². The summed E-state index contributed by atoms with van der Waals surface area (Å²) in [6.07, 6.45) is 0.706. The molecule has 0 bridgehead atoms.